The number of ether oxygens (including phenoxy) is 2. The van der Waals surface area contributed by atoms with Crippen LogP contribution in [-0.2, 0) is 6.54 Å². The van der Waals surface area contributed by atoms with E-state index in [0.717, 1.165) is 37.7 Å². The maximum absolute atomic E-state index is 5.83. The summed E-state index contributed by atoms with van der Waals surface area (Å²) >= 11 is 0. The molecule has 1 aliphatic heterocycles. The zero-order valence-electron chi connectivity index (χ0n) is 12.9. The topological polar surface area (TPSA) is 33.7 Å². The van der Waals surface area contributed by atoms with Crippen LogP contribution in [0.25, 0.3) is 0 Å². The Bertz CT molecular complexity index is 601. The Kier molecular flexibility index (Phi) is 4.81. The largest absolute Gasteiger partial charge is 0.497 e. The molecule has 0 atom stereocenters. The van der Waals surface area contributed by atoms with Gasteiger partial charge in [-0.2, -0.15) is 0 Å². The first-order valence-corrected chi connectivity index (χ1v) is 7.67. The molecule has 4 nitrogen and oxygen atoms in total. The van der Waals surface area contributed by atoms with E-state index in [9.17, 15) is 0 Å². The van der Waals surface area contributed by atoms with E-state index in [-0.39, 0.29) is 0 Å². The van der Waals surface area contributed by atoms with Gasteiger partial charge in [-0.15, -0.1) is 0 Å². The van der Waals surface area contributed by atoms with Crippen molar-refractivity contribution >= 4 is 5.69 Å². The van der Waals surface area contributed by atoms with Gasteiger partial charge in [-0.25, -0.2) is 0 Å². The molecule has 22 heavy (non-hydrogen) atoms. The highest BCUT2D eigenvalue weighted by molar-refractivity contribution is 5.58. The van der Waals surface area contributed by atoms with Gasteiger partial charge in [0.2, 0.25) is 0 Å². The highest BCUT2D eigenvalue weighted by Gasteiger charge is 2.15. The molecule has 0 amide bonds. The van der Waals surface area contributed by atoms with Crippen LogP contribution in [-0.4, -0.2) is 33.4 Å². The highest BCUT2D eigenvalue weighted by atomic mass is 16.5. The highest BCUT2D eigenvalue weighted by Crippen LogP contribution is 2.27. The predicted octanol–water partition coefficient (Wildman–Crippen LogP) is 2.68. The molecule has 0 aromatic heterocycles. The molecule has 0 saturated carbocycles. The monoisotopic (exact) mass is 298 g/mol. The van der Waals surface area contributed by atoms with Crippen LogP contribution in [0.4, 0.5) is 5.69 Å². The third kappa shape index (κ3) is 3.52. The number of rotatable bonds is 5. The summed E-state index contributed by atoms with van der Waals surface area (Å²) in [7, 11) is 1.71. The van der Waals surface area contributed by atoms with Gasteiger partial charge in [0.1, 0.15) is 18.1 Å². The quantitative estimate of drug-likeness (QED) is 0.920. The molecule has 2 aromatic carbocycles. The van der Waals surface area contributed by atoms with Gasteiger partial charge in [0.25, 0.3) is 0 Å². The summed E-state index contributed by atoms with van der Waals surface area (Å²) in [6.45, 7) is 4.37. The zero-order chi connectivity index (χ0) is 15.2. The Balaban J connectivity index is 1.68. The Labute approximate surface area is 131 Å². The molecule has 1 heterocycles. The SMILES string of the molecule is COc1ccc2c(c1)N(CCOc1ccccc1)CCNC2. The average Bonchev–Trinajstić information content (AvgIpc) is 2.78. The second-order valence-electron chi connectivity index (χ2n) is 5.32. The van der Waals surface area contributed by atoms with Crippen LogP contribution in [0.1, 0.15) is 5.56 Å². The Morgan fingerprint density at radius 2 is 1.95 bits per heavy atom. The number of para-hydroxylation sites is 1. The molecule has 1 N–H and O–H groups in total. The summed E-state index contributed by atoms with van der Waals surface area (Å²) < 4.78 is 11.2. The molecule has 0 spiro atoms. The minimum atomic E-state index is 0.667. The van der Waals surface area contributed by atoms with Gasteiger partial charge in [0.15, 0.2) is 0 Å². The van der Waals surface area contributed by atoms with Gasteiger partial charge in [-0.3, -0.25) is 0 Å². The lowest BCUT2D eigenvalue weighted by molar-refractivity contribution is 0.324. The summed E-state index contributed by atoms with van der Waals surface area (Å²) in [6.07, 6.45) is 0. The molecule has 1 aliphatic rings. The van der Waals surface area contributed by atoms with Crippen molar-refractivity contribution in [1.29, 1.82) is 0 Å². The number of methoxy groups -OCH3 is 1. The number of hydrogen-bond acceptors (Lipinski definition) is 4. The standard InChI is InChI=1S/C18H22N2O2/c1-21-17-8-7-15-14-19-9-10-20(18(15)13-17)11-12-22-16-5-3-2-4-6-16/h2-8,13,19H,9-12,14H2,1H3. The summed E-state index contributed by atoms with van der Waals surface area (Å²) in [5.74, 6) is 1.82. The lowest BCUT2D eigenvalue weighted by Gasteiger charge is -2.25. The van der Waals surface area contributed by atoms with Crippen LogP contribution in [0.2, 0.25) is 0 Å². The van der Waals surface area contributed by atoms with Crippen LogP contribution in [0, 0.1) is 0 Å². The summed E-state index contributed by atoms with van der Waals surface area (Å²) in [5, 5.41) is 3.46. The first kappa shape index (κ1) is 14.7. The minimum Gasteiger partial charge on any atom is -0.497 e. The third-order valence-corrected chi connectivity index (χ3v) is 3.88. The molecular formula is C18H22N2O2. The second-order valence-corrected chi connectivity index (χ2v) is 5.32. The molecule has 0 radical (unpaired) electrons. The molecule has 0 aliphatic carbocycles. The Morgan fingerprint density at radius 3 is 2.77 bits per heavy atom. The van der Waals surface area contributed by atoms with Crippen molar-refractivity contribution in [3.05, 3.63) is 54.1 Å². The van der Waals surface area contributed by atoms with Gasteiger partial charge < -0.3 is 19.7 Å². The number of benzene rings is 2. The van der Waals surface area contributed by atoms with Crippen molar-refractivity contribution in [1.82, 2.24) is 5.32 Å². The van der Waals surface area contributed by atoms with E-state index < -0.39 is 0 Å². The minimum absolute atomic E-state index is 0.667. The van der Waals surface area contributed by atoms with Gasteiger partial charge in [0, 0.05) is 31.4 Å². The van der Waals surface area contributed by atoms with Crippen molar-refractivity contribution in [3.8, 4) is 11.5 Å². The van der Waals surface area contributed by atoms with E-state index in [1.165, 1.54) is 11.3 Å². The van der Waals surface area contributed by atoms with E-state index in [1.54, 1.807) is 7.11 Å². The smallest absolute Gasteiger partial charge is 0.120 e. The Morgan fingerprint density at radius 1 is 1.09 bits per heavy atom. The van der Waals surface area contributed by atoms with Crippen molar-refractivity contribution < 1.29 is 9.47 Å². The fourth-order valence-corrected chi connectivity index (χ4v) is 2.69. The lowest BCUT2D eigenvalue weighted by Crippen LogP contribution is -2.32. The Hall–Kier alpha value is -2.20. The molecule has 2 aromatic rings. The number of fused-ring (bicyclic) bond motifs is 1. The molecule has 0 bridgehead atoms. The maximum Gasteiger partial charge on any atom is 0.120 e. The average molecular weight is 298 g/mol. The van der Waals surface area contributed by atoms with Crippen LogP contribution < -0.4 is 19.7 Å². The van der Waals surface area contributed by atoms with Crippen LogP contribution in [0.5, 0.6) is 11.5 Å². The summed E-state index contributed by atoms with van der Waals surface area (Å²) in [6, 6.07) is 16.2. The van der Waals surface area contributed by atoms with Crippen LogP contribution >= 0.6 is 0 Å². The molecule has 4 heteroatoms. The first-order chi connectivity index (χ1) is 10.9. The molecule has 0 fully saturated rings. The van der Waals surface area contributed by atoms with Crippen molar-refractivity contribution in [2.24, 2.45) is 0 Å². The molecule has 0 saturated heterocycles. The predicted molar refractivity (Wildman–Crippen MR) is 88.9 cm³/mol. The number of nitrogens with zero attached hydrogens (tertiary/aromatic N) is 1. The lowest BCUT2D eigenvalue weighted by atomic mass is 10.1. The first-order valence-electron chi connectivity index (χ1n) is 7.67. The van der Waals surface area contributed by atoms with E-state index in [2.05, 4.69) is 22.3 Å². The van der Waals surface area contributed by atoms with Gasteiger partial charge in [-0.1, -0.05) is 24.3 Å². The fourth-order valence-electron chi connectivity index (χ4n) is 2.69. The molecule has 0 unspecified atom stereocenters. The maximum atomic E-state index is 5.83. The number of anilines is 1. The van der Waals surface area contributed by atoms with E-state index in [0.29, 0.717) is 6.61 Å². The van der Waals surface area contributed by atoms with E-state index in [1.807, 2.05) is 36.4 Å². The molecular weight excluding hydrogens is 276 g/mol. The zero-order valence-corrected chi connectivity index (χ0v) is 12.9. The van der Waals surface area contributed by atoms with Crippen LogP contribution in [0.15, 0.2) is 48.5 Å². The van der Waals surface area contributed by atoms with Gasteiger partial charge in [-0.05, 0) is 23.8 Å². The molecule has 116 valence electrons. The van der Waals surface area contributed by atoms with E-state index in [4.69, 9.17) is 9.47 Å². The van der Waals surface area contributed by atoms with E-state index >= 15 is 0 Å². The third-order valence-electron chi connectivity index (χ3n) is 3.88. The van der Waals surface area contributed by atoms with Gasteiger partial charge >= 0.3 is 0 Å². The van der Waals surface area contributed by atoms with Crippen LogP contribution in [0.3, 0.4) is 0 Å². The van der Waals surface area contributed by atoms with Crippen molar-refractivity contribution in [2.75, 3.05) is 38.3 Å². The number of hydrogen-bond donors (Lipinski definition) is 1. The second kappa shape index (κ2) is 7.18. The summed E-state index contributed by atoms with van der Waals surface area (Å²) in [5.41, 5.74) is 2.54. The van der Waals surface area contributed by atoms with Crippen molar-refractivity contribution in [3.63, 3.8) is 0 Å². The van der Waals surface area contributed by atoms with Gasteiger partial charge in [0.05, 0.1) is 13.7 Å². The fraction of sp³-hybridized carbons (Fsp3) is 0.333. The molecule has 3 rings (SSSR count). The normalized spacial score (nSPS) is 14.1. The van der Waals surface area contributed by atoms with Crippen molar-refractivity contribution in [2.45, 2.75) is 6.54 Å². The number of nitrogens with one attached hydrogen (secondary N) is 1. The summed E-state index contributed by atoms with van der Waals surface area (Å²) in [4.78, 5) is 2.36.